The number of para-hydroxylation sites is 1. The number of nitrogens with one attached hydrogen (secondary N) is 1. The molecule has 0 saturated carbocycles. The lowest BCUT2D eigenvalue weighted by Gasteiger charge is -2.08. The number of aromatic nitrogens is 1. The fourth-order valence-electron chi connectivity index (χ4n) is 2.22. The third-order valence-corrected chi connectivity index (χ3v) is 4.32. The van der Waals surface area contributed by atoms with Crippen LogP contribution in [0, 0.1) is 0 Å². The van der Waals surface area contributed by atoms with E-state index in [1.165, 1.54) is 25.6 Å². The zero-order chi connectivity index (χ0) is 18.4. The molecule has 0 unspecified atom stereocenters. The van der Waals surface area contributed by atoms with Crippen molar-refractivity contribution >= 4 is 28.1 Å². The highest BCUT2D eigenvalue weighted by Gasteiger charge is 2.12. The van der Waals surface area contributed by atoms with Gasteiger partial charge in [0.05, 0.1) is 25.5 Å². The lowest BCUT2D eigenvalue weighted by Crippen LogP contribution is -2.06. The number of benzene rings is 2. The van der Waals surface area contributed by atoms with Crippen molar-refractivity contribution in [2.75, 3.05) is 19.5 Å². The predicted octanol–water partition coefficient (Wildman–Crippen LogP) is 4.26. The summed E-state index contributed by atoms with van der Waals surface area (Å²) in [6.07, 6.45) is 0. The highest BCUT2D eigenvalue weighted by atomic mass is 32.1. The van der Waals surface area contributed by atoms with Crippen molar-refractivity contribution < 1.29 is 19.0 Å². The number of carbonyl (C=O) groups is 1. The normalized spacial score (nSPS) is 10.2. The Balaban J connectivity index is 1.61. The predicted molar refractivity (Wildman–Crippen MR) is 101 cm³/mol. The Bertz CT molecular complexity index is 858. The van der Waals surface area contributed by atoms with Crippen LogP contribution in [-0.2, 0) is 11.3 Å². The number of thiazole rings is 1. The maximum Gasteiger partial charge on any atom is 0.338 e. The van der Waals surface area contributed by atoms with Crippen molar-refractivity contribution in [2.24, 2.45) is 0 Å². The van der Waals surface area contributed by atoms with E-state index in [-0.39, 0.29) is 6.61 Å². The van der Waals surface area contributed by atoms with Gasteiger partial charge in [0.1, 0.15) is 18.1 Å². The molecule has 0 aliphatic heterocycles. The largest absolute Gasteiger partial charge is 0.497 e. The van der Waals surface area contributed by atoms with Gasteiger partial charge >= 0.3 is 5.97 Å². The Morgan fingerprint density at radius 2 is 1.77 bits per heavy atom. The van der Waals surface area contributed by atoms with Gasteiger partial charge in [-0.05, 0) is 24.3 Å². The summed E-state index contributed by atoms with van der Waals surface area (Å²) in [5.41, 5.74) is 1.99. The maximum absolute atomic E-state index is 12.3. The van der Waals surface area contributed by atoms with E-state index in [0.29, 0.717) is 22.8 Å². The first kappa shape index (κ1) is 17.8. The molecule has 2 aromatic carbocycles. The Morgan fingerprint density at radius 1 is 1.08 bits per heavy atom. The second kappa shape index (κ2) is 8.35. The van der Waals surface area contributed by atoms with E-state index < -0.39 is 5.97 Å². The summed E-state index contributed by atoms with van der Waals surface area (Å²) in [6, 6.07) is 14.7. The van der Waals surface area contributed by atoms with Gasteiger partial charge in [-0.25, -0.2) is 9.78 Å². The SMILES string of the molecule is COc1cc(OC)cc(C(=O)OCc2csc(Nc3ccccc3)n2)c1. The molecule has 0 atom stereocenters. The molecule has 1 N–H and O–H groups in total. The number of esters is 1. The highest BCUT2D eigenvalue weighted by Crippen LogP contribution is 2.24. The van der Waals surface area contributed by atoms with Gasteiger partial charge in [-0.2, -0.15) is 0 Å². The fraction of sp³-hybridized carbons (Fsp3) is 0.158. The minimum atomic E-state index is -0.465. The zero-order valence-corrected chi connectivity index (χ0v) is 15.2. The summed E-state index contributed by atoms with van der Waals surface area (Å²) in [6.45, 7) is 0.0886. The highest BCUT2D eigenvalue weighted by molar-refractivity contribution is 7.13. The summed E-state index contributed by atoms with van der Waals surface area (Å²) < 4.78 is 15.7. The quantitative estimate of drug-likeness (QED) is 0.627. The van der Waals surface area contributed by atoms with Crippen LogP contribution in [-0.4, -0.2) is 25.2 Å². The van der Waals surface area contributed by atoms with E-state index in [9.17, 15) is 4.79 Å². The second-order valence-electron chi connectivity index (χ2n) is 5.31. The maximum atomic E-state index is 12.3. The smallest absolute Gasteiger partial charge is 0.338 e. The number of ether oxygens (including phenoxy) is 3. The van der Waals surface area contributed by atoms with Crippen LogP contribution in [0.4, 0.5) is 10.8 Å². The van der Waals surface area contributed by atoms with Gasteiger partial charge in [-0.15, -0.1) is 11.3 Å². The lowest BCUT2D eigenvalue weighted by molar-refractivity contribution is 0.0467. The average molecular weight is 370 g/mol. The van der Waals surface area contributed by atoms with Crippen LogP contribution in [0.5, 0.6) is 11.5 Å². The topological polar surface area (TPSA) is 69.7 Å². The molecule has 0 spiro atoms. The van der Waals surface area contributed by atoms with Crippen molar-refractivity contribution in [3.8, 4) is 11.5 Å². The van der Waals surface area contributed by atoms with E-state index in [4.69, 9.17) is 14.2 Å². The third kappa shape index (κ3) is 4.52. The van der Waals surface area contributed by atoms with E-state index in [0.717, 1.165) is 10.8 Å². The van der Waals surface area contributed by atoms with Crippen molar-refractivity contribution in [1.82, 2.24) is 4.98 Å². The van der Waals surface area contributed by atoms with Gasteiger partial charge in [0, 0.05) is 17.1 Å². The van der Waals surface area contributed by atoms with Gasteiger partial charge in [0.25, 0.3) is 0 Å². The minimum absolute atomic E-state index is 0.0886. The van der Waals surface area contributed by atoms with Crippen molar-refractivity contribution in [3.63, 3.8) is 0 Å². The summed E-state index contributed by atoms with van der Waals surface area (Å²) >= 11 is 1.45. The minimum Gasteiger partial charge on any atom is -0.497 e. The lowest BCUT2D eigenvalue weighted by atomic mass is 10.2. The first-order valence-corrected chi connectivity index (χ1v) is 8.72. The number of methoxy groups -OCH3 is 2. The van der Waals surface area contributed by atoms with Crippen LogP contribution in [0.3, 0.4) is 0 Å². The van der Waals surface area contributed by atoms with Gasteiger partial charge in [0.2, 0.25) is 0 Å². The number of nitrogens with zero attached hydrogens (tertiary/aromatic N) is 1. The fourth-order valence-corrected chi connectivity index (χ4v) is 2.94. The van der Waals surface area contributed by atoms with E-state index in [1.807, 2.05) is 35.7 Å². The number of anilines is 2. The molecule has 0 aliphatic carbocycles. The first-order valence-electron chi connectivity index (χ1n) is 7.84. The van der Waals surface area contributed by atoms with Crippen LogP contribution in [0.1, 0.15) is 16.1 Å². The molecule has 0 amide bonds. The summed E-state index contributed by atoms with van der Waals surface area (Å²) in [7, 11) is 3.06. The Labute approximate surface area is 155 Å². The Morgan fingerprint density at radius 3 is 2.42 bits per heavy atom. The van der Waals surface area contributed by atoms with Crippen molar-refractivity contribution in [3.05, 3.63) is 65.2 Å². The Hall–Kier alpha value is -3.06. The van der Waals surface area contributed by atoms with E-state index in [1.54, 1.807) is 18.2 Å². The molecule has 26 heavy (non-hydrogen) atoms. The van der Waals surface area contributed by atoms with Gasteiger partial charge in [-0.3, -0.25) is 0 Å². The number of carbonyl (C=O) groups excluding carboxylic acids is 1. The molecular formula is C19H18N2O4S. The van der Waals surface area contributed by atoms with E-state index in [2.05, 4.69) is 10.3 Å². The molecular weight excluding hydrogens is 352 g/mol. The number of hydrogen-bond donors (Lipinski definition) is 1. The van der Waals surface area contributed by atoms with Crippen molar-refractivity contribution in [2.45, 2.75) is 6.61 Å². The molecule has 3 rings (SSSR count). The van der Waals surface area contributed by atoms with Crippen LogP contribution in [0.25, 0.3) is 0 Å². The second-order valence-corrected chi connectivity index (χ2v) is 6.17. The molecule has 0 radical (unpaired) electrons. The molecule has 6 nitrogen and oxygen atoms in total. The van der Waals surface area contributed by atoms with Gasteiger partial charge in [-0.1, -0.05) is 18.2 Å². The molecule has 0 fully saturated rings. The summed E-state index contributed by atoms with van der Waals surface area (Å²) in [4.78, 5) is 16.7. The van der Waals surface area contributed by atoms with Crippen LogP contribution < -0.4 is 14.8 Å². The third-order valence-electron chi connectivity index (χ3n) is 3.52. The van der Waals surface area contributed by atoms with Crippen LogP contribution >= 0.6 is 11.3 Å². The number of rotatable bonds is 7. The molecule has 7 heteroatoms. The van der Waals surface area contributed by atoms with Crippen LogP contribution in [0.15, 0.2) is 53.9 Å². The van der Waals surface area contributed by atoms with Gasteiger partial charge < -0.3 is 19.5 Å². The van der Waals surface area contributed by atoms with E-state index >= 15 is 0 Å². The van der Waals surface area contributed by atoms with Gasteiger partial charge in [0.15, 0.2) is 5.13 Å². The molecule has 3 aromatic rings. The van der Waals surface area contributed by atoms with Crippen LogP contribution in [0.2, 0.25) is 0 Å². The molecule has 1 aromatic heterocycles. The summed E-state index contributed by atoms with van der Waals surface area (Å²) in [5.74, 6) is 0.589. The van der Waals surface area contributed by atoms with Crippen molar-refractivity contribution in [1.29, 1.82) is 0 Å². The molecule has 134 valence electrons. The molecule has 0 bridgehead atoms. The zero-order valence-electron chi connectivity index (χ0n) is 14.4. The number of hydrogen-bond acceptors (Lipinski definition) is 7. The first-order chi connectivity index (χ1) is 12.7. The monoisotopic (exact) mass is 370 g/mol. The standard InChI is InChI=1S/C19H18N2O4S/c1-23-16-8-13(9-17(10-16)24-2)18(22)25-11-15-12-26-19(21-15)20-14-6-4-3-5-7-14/h3-10,12H,11H2,1-2H3,(H,20,21). The summed E-state index contributed by atoms with van der Waals surface area (Å²) in [5, 5.41) is 5.80. The average Bonchev–Trinajstić information content (AvgIpc) is 3.13. The molecule has 0 aliphatic rings. The Kier molecular flexibility index (Phi) is 5.70. The molecule has 0 saturated heterocycles. The molecule has 1 heterocycles.